The maximum Gasteiger partial charge on any atom is 0.151 e. The van der Waals surface area contributed by atoms with E-state index in [1.165, 1.54) is 0 Å². The molecule has 3 nitrogen and oxygen atoms in total. The molecular formula is C7H2Br2N2OS. The number of carbonyl (C=O) groups excluding carboxylic acids is 1. The quantitative estimate of drug-likeness (QED) is 0.758. The first-order valence-electron chi connectivity index (χ1n) is 3.29. The van der Waals surface area contributed by atoms with Gasteiger partial charge < -0.3 is 0 Å². The predicted octanol–water partition coefficient (Wildman–Crippen LogP) is 3.03. The smallest absolute Gasteiger partial charge is 0.151 e. The van der Waals surface area contributed by atoms with Crippen LogP contribution in [0.25, 0.3) is 11.0 Å². The standard InChI is InChI=1S/C7H2Br2N2OS/c8-4-1-3(2-12)5(9)7-6(4)10-13-11-7/h1-2H. The van der Waals surface area contributed by atoms with Crippen molar-refractivity contribution in [1.82, 2.24) is 8.75 Å². The van der Waals surface area contributed by atoms with Crippen LogP contribution in [0.2, 0.25) is 0 Å². The number of carbonyl (C=O) groups is 1. The summed E-state index contributed by atoms with van der Waals surface area (Å²) in [4.78, 5) is 10.6. The summed E-state index contributed by atoms with van der Waals surface area (Å²) < 4.78 is 9.67. The van der Waals surface area contributed by atoms with Gasteiger partial charge in [-0.1, -0.05) is 0 Å². The van der Waals surface area contributed by atoms with E-state index in [-0.39, 0.29) is 0 Å². The van der Waals surface area contributed by atoms with Gasteiger partial charge in [-0.2, -0.15) is 8.75 Å². The maximum atomic E-state index is 10.6. The molecule has 0 aliphatic rings. The second-order valence-electron chi connectivity index (χ2n) is 2.34. The number of fused-ring (bicyclic) bond motifs is 1. The molecule has 0 spiro atoms. The monoisotopic (exact) mass is 320 g/mol. The van der Waals surface area contributed by atoms with Crippen LogP contribution in [0.3, 0.4) is 0 Å². The highest BCUT2D eigenvalue weighted by Crippen LogP contribution is 2.31. The van der Waals surface area contributed by atoms with Crippen molar-refractivity contribution in [2.75, 3.05) is 0 Å². The minimum absolute atomic E-state index is 0.576. The Morgan fingerprint density at radius 1 is 1.31 bits per heavy atom. The molecule has 0 bridgehead atoms. The van der Waals surface area contributed by atoms with Gasteiger partial charge >= 0.3 is 0 Å². The fourth-order valence-electron chi connectivity index (χ4n) is 0.980. The van der Waals surface area contributed by atoms with Gasteiger partial charge in [0.05, 0.1) is 16.2 Å². The lowest BCUT2D eigenvalue weighted by atomic mass is 10.2. The van der Waals surface area contributed by atoms with E-state index in [9.17, 15) is 4.79 Å². The molecule has 0 amide bonds. The molecule has 0 radical (unpaired) electrons. The number of benzene rings is 1. The average Bonchev–Trinajstić information content (AvgIpc) is 2.60. The van der Waals surface area contributed by atoms with E-state index in [0.717, 1.165) is 33.5 Å². The van der Waals surface area contributed by atoms with Crippen molar-refractivity contribution in [2.24, 2.45) is 0 Å². The van der Waals surface area contributed by atoms with Crippen molar-refractivity contribution in [2.45, 2.75) is 0 Å². The highest BCUT2D eigenvalue weighted by Gasteiger charge is 2.11. The van der Waals surface area contributed by atoms with Crippen LogP contribution in [0.5, 0.6) is 0 Å². The maximum absolute atomic E-state index is 10.6. The Hall–Kier alpha value is -0.330. The van der Waals surface area contributed by atoms with Gasteiger partial charge in [-0.05, 0) is 37.9 Å². The number of nitrogens with zero attached hydrogens (tertiary/aromatic N) is 2. The minimum atomic E-state index is 0.576. The first-order valence-corrected chi connectivity index (χ1v) is 5.61. The van der Waals surface area contributed by atoms with E-state index in [0.29, 0.717) is 10.0 Å². The van der Waals surface area contributed by atoms with Crippen LogP contribution in [0.15, 0.2) is 15.0 Å². The summed E-state index contributed by atoms with van der Waals surface area (Å²) in [5.74, 6) is 0. The lowest BCUT2D eigenvalue weighted by Crippen LogP contribution is -1.85. The number of hydrogen-bond donors (Lipinski definition) is 0. The van der Waals surface area contributed by atoms with E-state index in [1.807, 2.05) is 0 Å². The van der Waals surface area contributed by atoms with Crippen LogP contribution < -0.4 is 0 Å². The topological polar surface area (TPSA) is 42.9 Å². The van der Waals surface area contributed by atoms with Gasteiger partial charge in [-0.15, -0.1) is 0 Å². The molecule has 0 saturated heterocycles. The third-order valence-corrected chi connectivity index (χ3v) is 3.55. The zero-order valence-electron chi connectivity index (χ0n) is 6.12. The molecule has 1 aromatic carbocycles. The Bertz CT molecular complexity index is 483. The molecule has 6 heteroatoms. The van der Waals surface area contributed by atoms with Crippen LogP contribution in [-0.4, -0.2) is 15.0 Å². The van der Waals surface area contributed by atoms with E-state index in [4.69, 9.17) is 0 Å². The summed E-state index contributed by atoms with van der Waals surface area (Å²) >= 11 is 7.76. The molecule has 0 saturated carbocycles. The molecule has 0 N–H and O–H groups in total. The number of hydrogen-bond acceptors (Lipinski definition) is 4. The molecule has 0 unspecified atom stereocenters. The molecule has 0 fully saturated rings. The van der Waals surface area contributed by atoms with Gasteiger partial charge in [0.1, 0.15) is 11.0 Å². The van der Waals surface area contributed by atoms with Crippen molar-refractivity contribution in [3.05, 3.63) is 20.6 Å². The first-order chi connectivity index (χ1) is 6.24. The normalized spacial score (nSPS) is 10.6. The van der Waals surface area contributed by atoms with E-state index < -0.39 is 0 Å². The Balaban J connectivity index is 2.93. The van der Waals surface area contributed by atoms with Gasteiger partial charge in [0, 0.05) is 10.0 Å². The van der Waals surface area contributed by atoms with Crippen molar-refractivity contribution in [1.29, 1.82) is 0 Å². The van der Waals surface area contributed by atoms with Gasteiger partial charge in [0.25, 0.3) is 0 Å². The molecule has 1 aromatic heterocycles. The van der Waals surface area contributed by atoms with Gasteiger partial charge in [0.2, 0.25) is 0 Å². The van der Waals surface area contributed by atoms with Crippen LogP contribution >= 0.6 is 43.6 Å². The van der Waals surface area contributed by atoms with Crippen molar-refractivity contribution < 1.29 is 4.79 Å². The summed E-state index contributed by atoms with van der Waals surface area (Å²) in [7, 11) is 0. The fraction of sp³-hybridized carbons (Fsp3) is 0. The summed E-state index contributed by atoms with van der Waals surface area (Å²) in [6, 6.07) is 1.72. The zero-order chi connectivity index (χ0) is 9.42. The molecule has 2 aromatic rings. The Labute approximate surface area is 94.7 Å². The summed E-state index contributed by atoms with van der Waals surface area (Å²) in [6.07, 6.45) is 0.785. The molecule has 2 rings (SSSR count). The number of aromatic nitrogens is 2. The molecule has 1 heterocycles. The third-order valence-electron chi connectivity index (χ3n) is 1.59. The van der Waals surface area contributed by atoms with Crippen molar-refractivity contribution in [3.63, 3.8) is 0 Å². The summed E-state index contributed by atoms with van der Waals surface area (Å²) in [5.41, 5.74) is 2.08. The largest absolute Gasteiger partial charge is 0.298 e. The SMILES string of the molecule is O=Cc1cc(Br)c2nsnc2c1Br. The predicted molar refractivity (Wildman–Crippen MR) is 58.2 cm³/mol. The molecule has 0 aliphatic carbocycles. The van der Waals surface area contributed by atoms with Gasteiger partial charge in [-0.3, -0.25) is 4.79 Å². The highest BCUT2D eigenvalue weighted by molar-refractivity contribution is 9.11. The summed E-state index contributed by atoms with van der Waals surface area (Å²) in [6.45, 7) is 0. The van der Waals surface area contributed by atoms with Crippen LogP contribution in [0.4, 0.5) is 0 Å². The molecule has 66 valence electrons. The van der Waals surface area contributed by atoms with Gasteiger partial charge in [-0.25, -0.2) is 0 Å². The lowest BCUT2D eigenvalue weighted by molar-refractivity contribution is 0.112. The van der Waals surface area contributed by atoms with Crippen LogP contribution in [-0.2, 0) is 0 Å². The summed E-state index contributed by atoms with van der Waals surface area (Å²) in [5, 5.41) is 0. The molecule has 0 atom stereocenters. The van der Waals surface area contributed by atoms with Crippen LogP contribution in [0.1, 0.15) is 10.4 Å². The van der Waals surface area contributed by atoms with Gasteiger partial charge in [0.15, 0.2) is 6.29 Å². The Morgan fingerprint density at radius 2 is 2.00 bits per heavy atom. The van der Waals surface area contributed by atoms with Crippen LogP contribution in [0, 0.1) is 0 Å². The van der Waals surface area contributed by atoms with E-state index >= 15 is 0 Å². The molecule has 0 aliphatic heterocycles. The Morgan fingerprint density at radius 3 is 2.69 bits per heavy atom. The van der Waals surface area contributed by atoms with E-state index in [2.05, 4.69) is 40.6 Å². The lowest BCUT2D eigenvalue weighted by Gasteiger charge is -1.97. The fourth-order valence-corrected chi connectivity index (χ4v) is 2.79. The number of rotatable bonds is 1. The number of halogens is 2. The molecular weight excluding hydrogens is 320 g/mol. The molecule has 13 heavy (non-hydrogen) atoms. The first kappa shape index (κ1) is 9.23. The highest BCUT2D eigenvalue weighted by atomic mass is 79.9. The third kappa shape index (κ3) is 1.43. The zero-order valence-corrected chi connectivity index (χ0v) is 10.1. The van der Waals surface area contributed by atoms with Crippen molar-refractivity contribution >= 4 is 60.9 Å². The van der Waals surface area contributed by atoms with E-state index in [1.54, 1.807) is 6.07 Å². The van der Waals surface area contributed by atoms with Crippen molar-refractivity contribution in [3.8, 4) is 0 Å². The second kappa shape index (κ2) is 3.43. The number of aldehydes is 1. The second-order valence-corrected chi connectivity index (χ2v) is 4.52. The Kier molecular flexibility index (Phi) is 2.44. The minimum Gasteiger partial charge on any atom is -0.298 e. The average molecular weight is 322 g/mol.